The molecule has 0 aliphatic heterocycles. The smallest absolute Gasteiger partial charge is 0.338 e. The summed E-state index contributed by atoms with van der Waals surface area (Å²) in [6.45, 7) is 0.901. The van der Waals surface area contributed by atoms with Crippen LogP contribution in [0.15, 0.2) is 52.3 Å². The topological polar surface area (TPSA) is 116 Å². The van der Waals surface area contributed by atoms with Gasteiger partial charge in [0.15, 0.2) is 6.61 Å². The standard InChI is InChI=1S/C17H16F2N2O5S2/c1-10-2-3-11(8-14(10)28(20,24)25)16(23)26-9-15(22)21-12-4-6-13(7-5-12)27-17(18)19/h2-8,17H,9H2,1H3,(H,21,22)(H2,20,24,25). The van der Waals surface area contributed by atoms with E-state index in [-0.39, 0.29) is 10.5 Å². The molecular formula is C17H16F2N2O5S2. The Bertz CT molecular complexity index is 980. The summed E-state index contributed by atoms with van der Waals surface area (Å²) in [5.74, 6) is -4.10. The van der Waals surface area contributed by atoms with E-state index < -0.39 is 34.3 Å². The first kappa shape index (κ1) is 21.8. The van der Waals surface area contributed by atoms with Crippen molar-refractivity contribution in [3.8, 4) is 0 Å². The lowest BCUT2D eigenvalue weighted by molar-refractivity contribution is -0.119. The highest BCUT2D eigenvalue weighted by molar-refractivity contribution is 7.99. The Labute approximate surface area is 164 Å². The molecule has 2 aromatic rings. The van der Waals surface area contributed by atoms with E-state index in [0.29, 0.717) is 27.9 Å². The molecule has 0 fully saturated rings. The number of primary sulfonamides is 1. The summed E-state index contributed by atoms with van der Waals surface area (Å²) in [6, 6.07) is 9.52. The van der Waals surface area contributed by atoms with E-state index in [1.807, 2.05) is 0 Å². The molecule has 11 heteroatoms. The van der Waals surface area contributed by atoms with Crippen molar-refractivity contribution in [1.82, 2.24) is 0 Å². The number of anilines is 1. The summed E-state index contributed by atoms with van der Waals surface area (Å²) in [7, 11) is -4.01. The third-order valence-corrected chi connectivity index (χ3v) is 5.20. The third-order valence-electron chi connectivity index (χ3n) is 3.43. The lowest BCUT2D eigenvalue weighted by atomic mass is 10.1. The van der Waals surface area contributed by atoms with Gasteiger partial charge in [0.05, 0.1) is 10.5 Å². The first-order valence-corrected chi connectivity index (χ1v) is 10.1. The Kier molecular flexibility index (Phi) is 7.11. The number of thioether (sulfide) groups is 1. The molecule has 0 saturated heterocycles. The van der Waals surface area contributed by atoms with Gasteiger partial charge in [0.1, 0.15) is 0 Å². The molecule has 3 N–H and O–H groups in total. The number of benzene rings is 2. The van der Waals surface area contributed by atoms with Crippen LogP contribution >= 0.6 is 11.8 Å². The molecule has 0 atom stereocenters. The quantitative estimate of drug-likeness (QED) is 0.516. The molecule has 0 aliphatic rings. The summed E-state index contributed by atoms with van der Waals surface area (Å²) in [6.07, 6.45) is 0. The fourth-order valence-electron chi connectivity index (χ4n) is 2.16. The first-order valence-electron chi connectivity index (χ1n) is 7.71. The molecule has 0 aliphatic carbocycles. The van der Waals surface area contributed by atoms with Gasteiger partial charge >= 0.3 is 5.97 Å². The maximum atomic E-state index is 12.3. The van der Waals surface area contributed by atoms with Crippen molar-refractivity contribution in [2.45, 2.75) is 22.5 Å². The van der Waals surface area contributed by atoms with Gasteiger partial charge in [0, 0.05) is 10.6 Å². The van der Waals surface area contributed by atoms with Gasteiger partial charge < -0.3 is 10.1 Å². The molecule has 0 saturated carbocycles. The number of nitrogens with one attached hydrogen (secondary N) is 1. The van der Waals surface area contributed by atoms with E-state index in [0.717, 1.165) is 6.07 Å². The number of carbonyl (C=O) groups excluding carboxylic acids is 2. The van der Waals surface area contributed by atoms with Crippen molar-refractivity contribution in [3.63, 3.8) is 0 Å². The zero-order valence-electron chi connectivity index (χ0n) is 14.5. The van der Waals surface area contributed by atoms with Gasteiger partial charge in [-0.2, -0.15) is 8.78 Å². The number of nitrogens with two attached hydrogens (primary N) is 1. The van der Waals surface area contributed by atoms with Crippen LogP contribution in [0.4, 0.5) is 14.5 Å². The zero-order chi connectivity index (χ0) is 20.9. The number of hydrogen-bond donors (Lipinski definition) is 2. The van der Waals surface area contributed by atoms with Crippen LogP contribution in [0.1, 0.15) is 15.9 Å². The first-order chi connectivity index (χ1) is 13.1. The van der Waals surface area contributed by atoms with Crippen LogP contribution in [0.2, 0.25) is 0 Å². The van der Waals surface area contributed by atoms with Gasteiger partial charge in [-0.1, -0.05) is 17.8 Å². The Hall–Kier alpha value is -2.50. The maximum Gasteiger partial charge on any atom is 0.338 e. The predicted molar refractivity (Wildman–Crippen MR) is 99.8 cm³/mol. The number of aryl methyl sites for hydroxylation is 1. The largest absolute Gasteiger partial charge is 0.452 e. The summed E-state index contributed by atoms with van der Waals surface area (Å²) in [5, 5.41) is 7.53. The van der Waals surface area contributed by atoms with Crippen molar-refractivity contribution in [2.75, 3.05) is 11.9 Å². The molecule has 0 aromatic heterocycles. The van der Waals surface area contributed by atoms with Gasteiger partial charge in [0.2, 0.25) is 10.0 Å². The molecule has 0 bridgehead atoms. The summed E-state index contributed by atoms with van der Waals surface area (Å²) in [5.41, 5.74) is 0.632. The summed E-state index contributed by atoms with van der Waals surface area (Å²) >= 11 is 0.374. The second kappa shape index (κ2) is 9.13. The second-order valence-electron chi connectivity index (χ2n) is 5.55. The minimum Gasteiger partial charge on any atom is -0.452 e. The fraction of sp³-hybridized carbons (Fsp3) is 0.176. The van der Waals surface area contributed by atoms with Crippen molar-refractivity contribution < 1.29 is 31.5 Å². The van der Waals surface area contributed by atoms with E-state index in [2.05, 4.69) is 5.32 Å². The molecule has 0 radical (unpaired) electrons. The minimum atomic E-state index is -4.01. The fourth-order valence-corrected chi connectivity index (χ4v) is 3.47. The third kappa shape index (κ3) is 6.29. The Morgan fingerprint density at radius 2 is 1.82 bits per heavy atom. The predicted octanol–water partition coefficient (Wildman–Crippen LogP) is 2.75. The number of halogens is 2. The molecule has 0 spiro atoms. The van der Waals surface area contributed by atoms with E-state index >= 15 is 0 Å². The molecule has 0 unspecified atom stereocenters. The number of amides is 1. The number of sulfonamides is 1. The van der Waals surface area contributed by atoms with E-state index in [1.165, 1.54) is 43.3 Å². The monoisotopic (exact) mass is 430 g/mol. The Morgan fingerprint density at radius 1 is 1.18 bits per heavy atom. The molecule has 150 valence electrons. The minimum absolute atomic E-state index is 0.0733. The molecule has 28 heavy (non-hydrogen) atoms. The van der Waals surface area contributed by atoms with E-state index in [1.54, 1.807) is 0 Å². The van der Waals surface area contributed by atoms with Crippen LogP contribution in [0.5, 0.6) is 0 Å². The number of esters is 1. The van der Waals surface area contributed by atoms with Gasteiger partial charge in [-0.25, -0.2) is 18.4 Å². The highest BCUT2D eigenvalue weighted by Gasteiger charge is 2.17. The van der Waals surface area contributed by atoms with E-state index in [4.69, 9.17) is 9.88 Å². The van der Waals surface area contributed by atoms with Crippen LogP contribution in [0.25, 0.3) is 0 Å². The number of hydrogen-bond acceptors (Lipinski definition) is 6. The number of rotatable bonds is 7. The van der Waals surface area contributed by atoms with Crippen molar-refractivity contribution in [1.29, 1.82) is 0 Å². The summed E-state index contributed by atoms with van der Waals surface area (Å²) < 4.78 is 52.4. The van der Waals surface area contributed by atoms with Crippen molar-refractivity contribution >= 4 is 39.3 Å². The number of alkyl halides is 2. The van der Waals surface area contributed by atoms with Crippen LogP contribution < -0.4 is 10.5 Å². The van der Waals surface area contributed by atoms with Gasteiger partial charge in [-0.3, -0.25) is 4.79 Å². The van der Waals surface area contributed by atoms with Crippen molar-refractivity contribution in [3.05, 3.63) is 53.6 Å². The number of carbonyl (C=O) groups is 2. The molecule has 1 amide bonds. The number of ether oxygens (including phenoxy) is 1. The average molecular weight is 430 g/mol. The lowest BCUT2D eigenvalue weighted by Crippen LogP contribution is -2.21. The molecule has 0 heterocycles. The normalized spacial score (nSPS) is 11.3. The molecular weight excluding hydrogens is 414 g/mol. The van der Waals surface area contributed by atoms with Gasteiger partial charge in [0.25, 0.3) is 11.7 Å². The Balaban J connectivity index is 1.95. The van der Waals surface area contributed by atoms with Gasteiger partial charge in [-0.05, 0) is 48.9 Å². The molecule has 7 nitrogen and oxygen atoms in total. The lowest BCUT2D eigenvalue weighted by Gasteiger charge is -2.09. The van der Waals surface area contributed by atoms with Crippen LogP contribution in [-0.4, -0.2) is 32.7 Å². The van der Waals surface area contributed by atoms with Crippen LogP contribution in [0.3, 0.4) is 0 Å². The van der Waals surface area contributed by atoms with E-state index in [9.17, 15) is 26.8 Å². The second-order valence-corrected chi connectivity index (χ2v) is 8.15. The molecule has 2 rings (SSSR count). The zero-order valence-corrected chi connectivity index (χ0v) is 16.1. The average Bonchev–Trinajstić information content (AvgIpc) is 2.60. The highest BCUT2D eigenvalue weighted by atomic mass is 32.2. The Morgan fingerprint density at radius 3 is 2.39 bits per heavy atom. The highest BCUT2D eigenvalue weighted by Crippen LogP contribution is 2.26. The van der Waals surface area contributed by atoms with Crippen molar-refractivity contribution in [2.24, 2.45) is 5.14 Å². The molecule has 2 aromatic carbocycles. The maximum absolute atomic E-state index is 12.3. The van der Waals surface area contributed by atoms with Crippen LogP contribution in [0, 0.1) is 6.92 Å². The van der Waals surface area contributed by atoms with Gasteiger partial charge in [-0.15, -0.1) is 0 Å². The van der Waals surface area contributed by atoms with Crippen LogP contribution in [-0.2, 0) is 19.6 Å². The SMILES string of the molecule is Cc1ccc(C(=O)OCC(=O)Nc2ccc(SC(F)F)cc2)cc1S(N)(=O)=O. The summed E-state index contributed by atoms with van der Waals surface area (Å²) in [4.78, 5) is 24.0.